The van der Waals surface area contributed by atoms with Crippen LogP contribution in [-0.2, 0) is 0 Å². The van der Waals surface area contributed by atoms with Gasteiger partial charge in [-0.15, -0.1) is 0 Å². The van der Waals surface area contributed by atoms with Crippen molar-refractivity contribution in [1.29, 1.82) is 0 Å². The van der Waals surface area contributed by atoms with Gasteiger partial charge >= 0.3 is 0 Å². The highest BCUT2D eigenvalue weighted by atomic mass is 13.9. The van der Waals surface area contributed by atoms with Crippen LogP contribution in [0.5, 0.6) is 0 Å². The maximum absolute atomic E-state index is 3.89. The molecule has 0 aromatic rings. The molecule has 12 heavy (non-hydrogen) atoms. The third-order valence-corrected chi connectivity index (χ3v) is 1.59. The third kappa shape index (κ3) is 9.48. The second-order valence-electron chi connectivity index (χ2n) is 3.62. The van der Waals surface area contributed by atoms with Gasteiger partial charge in [0.25, 0.3) is 0 Å². The molecule has 1 radical (unpaired) electrons. The Balaban J connectivity index is 3.28. The minimum atomic E-state index is 0.452. The quantitative estimate of drug-likeness (QED) is 0.424. The summed E-state index contributed by atoms with van der Waals surface area (Å²) >= 11 is 0. The second-order valence-corrected chi connectivity index (χ2v) is 3.62. The molecule has 0 aliphatic rings. The molecule has 0 bridgehead atoms. The lowest BCUT2D eigenvalue weighted by Gasteiger charge is -1.94. The molecule has 0 heteroatoms. The molecule has 0 aromatic carbocycles. The zero-order valence-corrected chi connectivity index (χ0v) is 8.64. The van der Waals surface area contributed by atoms with Gasteiger partial charge in [-0.25, -0.2) is 0 Å². The van der Waals surface area contributed by atoms with Gasteiger partial charge in [0.1, 0.15) is 0 Å². The Morgan fingerprint density at radius 1 is 1.33 bits per heavy atom. The second kappa shape index (κ2) is 7.15. The van der Waals surface area contributed by atoms with Gasteiger partial charge in [0.05, 0.1) is 0 Å². The average Bonchev–Trinajstić information content (AvgIpc) is 1.95. The van der Waals surface area contributed by atoms with Crippen LogP contribution in [0.1, 0.15) is 40.0 Å². The molecule has 0 aliphatic heterocycles. The summed E-state index contributed by atoms with van der Waals surface area (Å²) in [5, 5.41) is 0. The summed E-state index contributed by atoms with van der Waals surface area (Å²) in [7, 11) is 0. The van der Waals surface area contributed by atoms with E-state index in [2.05, 4.69) is 45.9 Å². The summed E-state index contributed by atoms with van der Waals surface area (Å²) in [4.78, 5) is 0. The van der Waals surface area contributed by atoms with Gasteiger partial charge < -0.3 is 0 Å². The Kier molecular flexibility index (Phi) is 6.84. The van der Waals surface area contributed by atoms with Gasteiger partial charge in [-0.05, 0) is 46.0 Å². The standard InChI is InChI=1S/C12H21/c1-11(2)9-7-5-6-8-10-12(3)4/h7,9-11H,1,5-6,8H2,2-4H3. The van der Waals surface area contributed by atoms with Crippen LogP contribution in [0.4, 0.5) is 0 Å². The highest BCUT2D eigenvalue weighted by Crippen LogP contribution is 2.02. The molecule has 0 rings (SSSR count). The number of hydrogen-bond acceptors (Lipinski definition) is 0. The van der Waals surface area contributed by atoms with E-state index in [0.717, 1.165) is 0 Å². The van der Waals surface area contributed by atoms with Crippen molar-refractivity contribution in [2.75, 3.05) is 0 Å². The minimum Gasteiger partial charge on any atom is -0.0883 e. The first-order chi connectivity index (χ1) is 5.63. The van der Waals surface area contributed by atoms with E-state index in [1.54, 1.807) is 0 Å². The Bertz CT molecular complexity index is 145. The Labute approximate surface area is 77.4 Å². The fourth-order valence-electron chi connectivity index (χ4n) is 0.955. The van der Waals surface area contributed by atoms with Crippen molar-refractivity contribution < 1.29 is 0 Å². The van der Waals surface area contributed by atoms with Gasteiger partial charge in [0.15, 0.2) is 0 Å². The van der Waals surface area contributed by atoms with Crippen molar-refractivity contribution in [2.24, 2.45) is 5.92 Å². The van der Waals surface area contributed by atoms with E-state index in [4.69, 9.17) is 0 Å². The molecule has 69 valence electrons. The molecule has 0 saturated carbocycles. The first kappa shape index (κ1) is 11.5. The van der Waals surface area contributed by atoms with Crippen LogP contribution >= 0.6 is 0 Å². The van der Waals surface area contributed by atoms with Crippen LogP contribution in [0, 0.1) is 12.8 Å². The molecule has 0 saturated heterocycles. The van der Waals surface area contributed by atoms with Crippen molar-refractivity contribution >= 4 is 0 Å². The topological polar surface area (TPSA) is 0 Å². The zero-order valence-electron chi connectivity index (χ0n) is 8.64. The monoisotopic (exact) mass is 165 g/mol. The Hall–Kier alpha value is -0.520. The van der Waals surface area contributed by atoms with Crippen LogP contribution < -0.4 is 0 Å². The summed E-state index contributed by atoms with van der Waals surface area (Å²) in [6.45, 7) is 10.3. The summed E-state index contributed by atoms with van der Waals surface area (Å²) in [6.07, 6.45) is 10.3. The molecule has 1 unspecified atom stereocenters. The predicted octanol–water partition coefficient (Wildman–Crippen LogP) is 4.15. The van der Waals surface area contributed by atoms with Crippen LogP contribution in [0.15, 0.2) is 23.8 Å². The molecule has 0 nitrogen and oxygen atoms in total. The molecule has 0 heterocycles. The zero-order chi connectivity index (χ0) is 9.40. The summed E-state index contributed by atoms with van der Waals surface area (Å²) in [5.41, 5.74) is 1.42. The van der Waals surface area contributed by atoms with Gasteiger partial charge in [0, 0.05) is 0 Å². The normalized spacial score (nSPS) is 11.1. The van der Waals surface area contributed by atoms with Crippen molar-refractivity contribution in [3.05, 3.63) is 30.7 Å². The lowest BCUT2D eigenvalue weighted by Crippen LogP contribution is -1.78. The molecule has 0 aliphatic carbocycles. The summed E-state index contributed by atoms with van der Waals surface area (Å²) in [5.74, 6) is 0.452. The van der Waals surface area contributed by atoms with Crippen molar-refractivity contribution in [3.8, 4) is 0 Å². The van der Waals surface area contributed by atoms with Crippen LogP contribution in [0.2, 0.25) is 0 Å². The summed E-state index contributed by atoms with van der Waals surface area (Å²) in [6, 6.07) is 0. The van der Waals surface area contributed by atoms with E-state index in [-0.39, 0.29) is 0 Å². The van der Waals surface area contributed by atoms with Crippen LogP contribution in [0.25, 0.3) is 0 Å². The molecule has 0 N–H and O–H groups in total. The predicted molar refractivity (Wildman–Crippen MR) is 56.9 cm³/mol. The number of allylic oxidation sites excluding steroid dienone is 4. The van der Waals surface area contributed by atoms with Crippen molar-refractivity contribution in [1.82, 2.24) is 0 Å². The Morgan fingerprint density at radius 3 is 2.50 bits per heavy atom. The molecule has 1 atom stereocenters. The highest BCUT2D eigenvalue weighted by molar-refractivity contribution is 4.93. The van der Waals surface area contributed by atoms with Gasteiger partial charge in [-0.1, -0.05) is 30.7 Å². The molecular weight excluding hydrogens is 144 g/mol. The highest BCUT2D eigenvalue weighted by Gasteiger charge is 1.84. The van der Waals surface area contributed by atoms with Gasteiger partial charge in [0.2, 0.25) is 0 Å². The minimum absolute atomic E-state index is 0.452. The lowest BCUT2D eigenvalue weighted by molar-refractivity contribution is 0.846. The van der Waals surface area contributed by atoms with Crippen LogP contribution in [0.3, 0.4) is 0 Å². The molecule has 0 spiro atoms. The smallest absolute Gasteiger partial charge is 0.0262 e. The van der Waals surface area contributed by atoms with Crippen molar-refractivity contribution in [3.63, 3.8) is 0 Å². The number of unbranched alkanes of at least 4 members (excludes halogenated alkanes) is 2. The number of rotatable bonds is 5. The summed E-state index contributed by atoms with van der Waals surface area (Å²) < 4.78 is 0. The molecule has 0 aromatic heterocycles. The van der Waals surface area contributed by atoms with E-state index in [1.807, 2.05) is 0 Å². The van der Waals surface area contributed by atoms with Gasteiger partial charge in [-0.2, -0.15) is 0 Å². The first-order valence-corrected chi connectivity index (χ1v) is 4.76. The lowest BCUT2D eigenvalue weighted by atomic mass is 10.1. The maximum atomic E-state index is 3.89. The Morgan fingerprint density at radius 2 is 2.00 bits per heavy atom. The van der Waals surface area contributed by atoms with Crippen LogP contribution in [-0.4, -0.2) is 0 Å². The van der Waals surface area contributed by atoms with E-state index in [9.17, 15) is 0 Å². The molecule has 0 fully saturated rings. The fourth-order valence-corrected chi connectivity index (χ4v) is 0.955. The average molecular weight is 165 g/mol. The van der Waals surface area contributed by atoms with E-state index in [1.165, 1.54) is 24.8 Å². The third-order valence-electron chi connectivity index (χ3n) is 1.59. The van der Waals surface area contributed by atoms with Gasteiger partial charge in [-0.3, -0.25) is 0 Å². The maximum Gasteiger partial charge on any atom is -0.0262 e. The first-order valence-electron chi connectivity index (χ1n) is 4.76. The fraction of sp³-hybridized carbons (Fsp3) is 0.583. The van der Waals surface area contributed by atoms with Crippen molar-refractivity contribution in [2.45, 2.75) is 40.0 Å². The largest absolute Gasteiger partial charge is 0.0883 e. The number of hydrogen-bond donors (Lipinski definition) is 0. The molecular formula is C12H21. The SMILES string of the molecule is [CH2]C(C)C=CCCCC=C(C)C. The van der Waals surface area contributed by atoms with E-state index in [0.29, 0.717) is 5.92 Å². The molecule has 0 amide bonds. The van der Waals surface area contributed by atoms with E-state index >= 15 is 0 Å². The van der Waals surface area contributed by atoms with E-state index < -0.39 is 0 Å².